The second-order valence-corrected chi connectivity index (χ2v) is 4.45. The van der Waals surface area contributed by atoms with Gasteiger partial charge >= 0.3 is 0 Å². The number of carbonyl (C=O) groups excluding carboxylic acids is 1. The molecule has 0 radical (unpaired) electrons. The number of rotatable bonds is 6. The van der Waals surface area contributed by atoms with Crippen molar-refractivity contribution in [2.75, 3.05) is 13.1 Å². The fraction of sp³-hybridized carbons (Fsp3) is 0.545. The highest BCUT2D eigenvalue weighted by Crippen LogP contribution is 2.15. The van der Waals surface area contributed by atoms with Crippen molar-refractivity contribution in [1.82, 2.24) is 4.90 Å². The highest BCUT2D eigenvalue weighted by Gasteiger charge is 2.22. The minimum atomic E-state index is -0.123. The number of hydrogen-bond acceptors (Lipinski definition) is 1. The van der Waals surface area contributed by atoms with Crippen molar-refractivity contribution in [3.63, 3.8) is 0 Å². The van der Waals surface area contributed by atoms with Crippen molar-refractivity contribution in [1.29, 1.82) is 0 Å². The average Bonchev–Trinajstić information content (AvgIpc) is 2.15. The van der Waals surface area contributed by atoms with E-state index in [-0.39, 0.29) is 10.7 Å². The Morgan fingerprint density at radius 1 is 1.36 bits per heavy atom. The smallest absolute Gasteiger partial charge is 0.237 e. The Morgan fingerprint density at radius 2 is 1.79 bits per heavy atom. The Labute approximate surface area is 94.8 Å². The summed E-state index contributed by atoms with van der Waals surface area (Å²) in [6.07, 6.45) is 3.45. The van der Waals surface area contributed by atoms with Crippen LogP contribution in [0.2, 0.25) is 0 Å². The van der Waals surface area contributed by atoms with Crippen molar-refractivity contribution in [3.05, 3.63) is 25.3 Å². The molecule has 0 aliphatic heterocycles. The normalized spacial score (nSPS) is 12.3. The van der Waals surface area contributed by atoms with Crippen LogP contribution in [0.3, 0.4) is 0 Å². The van der Waals surface area contributed by atoms with E-state index in [1.165, 1.54) is 0 Å². The number of halogens is 1. The molecule has 0 bridgehead atoms. The van der Waals surface area contributed by atoms with Gasteiger partial charge in [-0.2, -0.15) is 0 Å². The van der Waals surface area contributed by atoms with Crippen molar-refractivity contribution in [2.24, 2.45) is 5.92 Å². The summed E-state index contributed by atoms with van der Waals surface area (Å²) in [5, 5.41) is 0. The molecule has 0 saturated carbocycles. The van der Waals surface area contributed by atoms with Gasteiger partial charge in [-0.05, 0) is 5.92 Å². The number of amides is 1. The molecular weight excluding hydrogens is 242 g/mol. The highest BCUT2D eigenvalue weighted by molar-refractivity contribution is 9.10. The number of carbonyl (C=O) groups is 1. The summed E-state index contributed by atoms with van der Waals surface area (Å²) in [7, 11) is 0. The van der Waals surface area contributed by atoms with Crippen molar-refractivity contribution < 1.29 is 4.79 Å². The lowest BCUT2D eigenvalue weighted by atomic mass is 10.1. The topological polar surface area (TPSA) is 20.3 Å². The molecule has 0 rings (SSSR count). The zero-order valence-electron chi connectivity index (χ0n) is 8.87. The standard InChI is InChI=1S/C11H18BrNO/c1-5-7-13(8-6-2)11(14)10(12)9(3)4/h5-6,9-10H,1-2,7-8H2,3-4H3. The van der Waals surface area contributed by atoms with Gasteiger partial charge in [0, 0.05) is 13.1 Å². The summed E-state index contributed by atoms with van der Waals surface area (Å²) < 4.78 is 0. The summed E-state index contributed by atoms with van der Waals surface area (Å²) in [6, 6.07) is 0. The Morgan fingerprint density at radius 3 is 2.07 bits per heavy atom. The zero-order valence-corrected chi connectivity index (χ0v) is 10.5. The van der Waals surface area contributed by atoms with Gasteiger partial charge in [-0.1, -0.05) is 41.9 Å². The summed E-state index contributed by atoms with van der Waals surface area (Å²) in [6.45, 7) is 12.4. The summed E-state index contributed by atoms with van der Waals surface area (Å²) in [4.78, 5) is 13.4. The molecule has 0 aromatic rings. The third-order valence-corrected chi connectivity index (χ3v) is 3.28. The van der Waals surface area contributed by atoms with Crippen LogP contribution in [0.25, 0.3) is 0 Å². The van der Waals surface area contributed by atoms with Crippen LogP contribution in [-0.4, -0.2) is 28.7 Å². The predicted molar refractivity (Wildman–Crippen MR) is 64.5 cm³/mol. The van der Waals surface area contributed by atoms with Crippen LogP contribution < -0.4 is 0 Å². The largest absolute Gasteiger partial charge is 0.334 e. The molecule has 14 heavy (non-hydrogen) atoms. The summed E-state index contributed by atoms with van der Waals surface area (Å²) >= 11 is 3.39. The molecule has 1 amide bonds. The predicted octanol–water partition coefficient (Wildman–Crippen LogP) is 2.61. The van der Waals surface area contributed by atoms with E-state index < -0.39 is 0 Å². The maximum atomic E-state index is 11.8. The van der Waals surface area contributed by atoms with E-state index in [1.54, 1.807) is 17.1 Å². The molecule has 1 unspecified atom stereocenters. The molecule has 0 aromatic carbocycles. The van der Waals surface area contributed by atoms with Gasteiger partial charge in [0.05, 0.1) is 4.83 Å². The van der Waals surface area contributed by atoms with E-state index in [2.05, 4.69) is 29.1 Å². The van der Waals surface area contributed by atoms with Crippen molar-refractivity contribution in [2.45, 2.75) is 18.7 Å². The molecule has 3 heteroatoms. The minimum Gasteiger partial charge on any atom is -0.334 e. The van der Waals surface area contributed by atoms with Crippen molar-refractivity contribution >= 4 is 21.8 Å². The van der Waals surface area contributed by atoms with Gasteiger partial charge in [0.25, 0.3) is 0 Å². The molecule has 0 spiro atoms. The molecular formula is C11H18BrNO. The minimum absolute atomic E-state index is 0.0970. The van der Waals surface area contributed by atoms with E-state index in [1.807, 2.05) is 13.8 Å². The maximum Gasteiger partial charge on any atom is 0.237 e. The lowest BCUT2D eigenvalue weighted by Gasteiger charge is -2.24. The van der Waals surface area contributed by atoms with Crippen LogP contribution in [0.5, 0.6) is 0 Å². The third kappa shape index (κ3) is 4.09. The summed E-state index contributed by atoms with van der Waals surface area (Å²) in [5.74, 6) is 0.388. The van der Waals surface area contributed by atoms with E-state index in [0.29, 0.717) is 19.0 Å². The van der Waals surface area contributed by atoms with Gasteiger partial charge in [0.1, 0.15) is 0 Å². The number of hydrogen-bond donors (Lipinski definition) is 0. The Hall–Kier alpha value is -0.570. The van der Waals surface area contributed by atoms with E-state index in [4.69, 9.17) is 0 Å². The maximum absolute atomic E-state index is 11.8. The first-order chi connectivity index (χ1) is 6.54. The molecule has 0 aliphatic rings. The number of alkyl halides is 1. The molecule has 0 fully saturated rings. The van der Waals surface area contributed by atoms with Gasteiger partial charge in [0.2, 0.25) is 5.91 Å². The molecule has 80 valence electrons. The van der Waals surface area contributed by atoms with Gasteiger partial charge < -0.3 is 4.90 Å². The second-order valence-electron chi connectivity index (χ2n) is 3.47. The van der Waals surface area contributed by atoms with Crippen LogP contribution >= 0.6 is 15.9 Å². The van der Waals surface area contributed by atoms with E-state index in [9.17, 15) is 4.79 Å². The summed E-state index contributed by atoms with van der Waals surface area (Å²) in [5.41, 5.74) is 0. The van der Waals surface area contributed by atoms with Crippen molar-refractivity contribution in [3.8, 4) is 0 Å². The Balaban J connectivity index is 4.40. The van der Waals surface area contributed by atoms with Crippen LogP contribution in [0.15, 0.2) is 25.3 Å². The van der Waals surface area contributed by atoms with Crippen LogP contribution in [0.4, 0.5) is 0 Å². The Kier molecular flexibility index (Phi) is 6.54. The molecule has 0 N–H and O–H groups in total. The fourth-order valence-corrected chi connectivity index (χ4v) is 1.32. The fourth-order valence-electron chi connectivity index (χ4n) is 1.03. The van der Waals surface area contributed by atoms with Crippen LogP contribution in [-0.2, 0) is 4.79 Å². The van der Waals surface area contributed by atoms with Crippen LogP contribution in [0.1, 0.15) is 13.8 Å². The third-order valence-electron chi connectivity index (χ3n) is 1.83. The molecule has 0 saturated heterocycles. The molecule has 0 aliphatic carbocycles. The van der Waals surface area contributed by atoms with E-state index >= 15 is 0 Å². The second kappa shape index (κ2) is 6.82. The van der Waals surface area contributed by atoms with Gasteiger partial charge in [0.15, 0.2) is 0 Å². The molecule has 0 heterocycles. The lowest BCUT2D eigenvalue weighted by molar-refractivity contribution is -0.130. The monoisotopic (exact) mass is 259 g/mol. The number of nitrogens with zero attached hydrogens (tertiary/aromatic N) is 1. The molecule has 2 nitrogen and oxygen atoms in total. The zero-order chi connectivity index (χ0) is 11.1. The average molecular weight is 260 g/mol. The van der Waals surface area contributed by atoms with Crippen LogP contribution in [0, 0.1) is 5.92 Å². The van der Waals surface area contributed by atoms with Gasteiger partial charge in [-0.15, -0.1) is 13.2 Å². The quantitative estimate of drug-likeness (QED) is 0.531. The molecule has 0 aromatic heterocycles. The SMILES string of the molecule is C=CCN(CC=C)C(=O)C(Br)C(C)C. The first-order valence-corrected chi connectivity index (χ1v) is 5.60. The van der Waals surface area contributed by atoms with Gasteiger partial charge in [-0.3, -0.25) is 4.79 Å². The first kappa shape index (κ1) is 13.4. The highest BCUT2D eigenvalue weighted by atomic mass is 79.9. The Bertz CT molecular complexity index is 203. The van der Waals surface area contributed by atoms with Gasteiger partial charge in [-0.25, -0.2) is 0 Å². The molecule has 1 atom stereocenters. The first-order valence-electron chi connectivity index (χ1n) is 4.69. The lowest BCUT2D eigenvalue weighted by Crippen LogP contribution is -2.38. The van der Waals surface area contributed by atoms with E-state index in [0.717, 1.165) is 0 Å².